The van der Waals surface area contributed by atoms with Gasteiger partial charge in [-0.1, -0.05) is 25.2 Å². The number of thiazole rings is 1. The maximum absolute atomic E-state index is 12.0. The minimum atomic E-state index is -0.367. The Hall–Kier alpha value is -1.83. The Morgan fingerprint density at radius 2 is 2.14 bits per heavy atom. The third-order valence-electron chi connectivity index (χ3n) is 2.87. The molecule has 2 amide bonds. The molecule has 2 rings (SSSR count). The second-order valence-electron chi connectivity index (χ2n) is 5.53. The van der Waals surface area contributed by atoms with Crippen LogP contribution in [-0.4, -0.2) is 35.9 Å². The SMILES string of the molecule is CC(C)CNc1nc(N)c(C(=O)NCC(=O)NC2CC2)s1. The first-order valence-corrected chi connectivity index (χ1v) is 7.85. The minimum Gasteiger partial charge on any atom is -0.382 e. The first kappa shape index (κ1) is 15.6. The predicted molar refractivity (Wildman–Crippen MR) is 83.4 cm³/mol. The highest BCUT2D eigenvalue weighted by Crippen LogP contribution is 2.25. The Morgan fingerprint density at radius 3 is 2.76 bits per heavy atom. The third-order valence-corrected chi connectivity index (χ3v) is 3.90. The van der Waals surface area contributed by atoms with Crippen molar-refractivity contribution in [3.63, 3.8) is 0 Å². The molecule has 1 aliphatic rings. The molecule has 1 heterocycles. The molecular formula is C13H21N5O2S. The number of anilines is 2. The van der Waals surface area contributed by atoms with Crippen molar-refractivity contribution >= 4 is 34.1 Å². The Balaban J connectivity index is 1.84. The van der Waals surface area contributed by atoms with Crippen molar-refractivity contribution < 1.29 is 9.59 Å². The molecule has 0 bridgehead atoms. The van der Waals surface area contributed by atoms with Crippen LogP contribution < -0.4 is 21.7 Å². The van der Waals surface area contributed by atoms with Gasteiger partial charge in [0.15, 0.2) is 5.13 Å². The fourth-order valence-corrected chi connectivity index (χ4v) is 2.42. The van der Waals surface area contributed by atoms with Crippen molar-refractivity contribution in [1.82, 2.24) is 15.6 Å². The minimum absolute atomic E-state index is 0.0402. The highest BCUT2D eigenvalue weighted by molar-refractivity contribution is 7.18. The summed E-state index contributed by atoms with van der Waals surface area (Å²) >= 11 is 1.20. The van der Waals surface area contributed by atoms with Crippen molar-refractivity contribution in [3.8, 4) is 0 Å². The molecule has 1 fully saturated rings. The molecule has 0 unspecified atom stereocenters. The number of hydrogen-bond donors (Lipinski definition) is 4. The van der Waals surface area contributed by atoms with Gasteiger partial charge in [0.05, 0.1) is 6.54 Å². The fraction of sp³-hybridized carbons (Fsp3) is 0.615. The zero-order valence-corrected chi connectivity index (χ0v) is 13.0. The molecule has 0 aliphatic heterocycles. The van der Waals surface area contributed by atoms with Gasteiger partial charge in [-0.05, 0) is 18.8 Å². The van der Waals surface area contributed by atoms with Gasteiger partial charge in [-0.15, -0.1) is 0 Å². The van der Waals surface area contributed by atoms with Crippen LogP contribution in [0.15, 0.2) is 0 Å². The molecule has 1 aliphatic carbocycles. The zero-order valence-electron chi connectivity index (χ0n) is 12.2. The van der Waals surface area contributed by atoms with Crippen LogP contribution in [-0.2, 0) is 4.79 Å². The van der Waals surface area contributed by atoms with Crippen LogP contribution in [0.5, 0.6) is 0 Å². The Kier molecular flexibility index (Phi) is 5.00. The molecule has 1 aromatic rings. The fourth-order valence-electron chi connectivity index (χ4n) is 1.61. The standard InChI is InChI=1S/C13H21N5O2S/c1-7(2)5-16-13-18-11(14)10(21-13)12(20)15-6-9(19)17-8-3-4-8/h7-8H,3-6,14H2,1-2H3,(H,15,20)(H,16,18)(H,17,19). The van der Waals surface area contributed by atoms with E-state index in [0.717, 1.165) is 19.4 Å². The van der Waals surface area contributed by atoms with E-state index in [2.05, 4.69) is 34.8 Å². The first-order valence-electron chi connectivity index (χ1n) is 7.03. The van der Waals surface area contributed by atoms with Gasteiger partial charge in [0.1, 0.15) is 10.7 Å². The van der Waals surface area contributed by atoms with Gasteiger partial charge < -0.3 is 21.7 Å². The smallest absolute Gasteiger partial charge is 0.265 e. The van der Waals surface area contributed by atoms with E-state index in [9.17, 15) is 9.59 Å². The molecule has 0 radical (unpaired) electrons. The van der Waals surface area contributed by atoms with E-state index in [1.807, 2.05) is 0 Å². The molecule has 8 heteroatoms. The van der Waals surface area contributed by atoms with E-state index in [0.29, 0.717) is 15.9 Å². The number of nitrogens with zero attached hydrogens (tertiary/aromatic N) is 1. The summed E-state index contributed by atoms with van der Waals surface area (Å²) in [7, 11) is 0. The first-order chi connectivity index (χ1) is 9.95. The number of carbonyl (C=O) groups is 2. The lowest BCUT2D eigenvalue weighted by Crippen LogP contribution is -2.37. The maximum Gasteiger partial charge on any atom is 0.265 e. The molecule has 0 atom stereocenters. The summed E-state index contributed by atoms with van der Waals surface area (Å²) in [6.45, 7) is 4.88. The van der Waals surface area contributed by atoms with Gasteiger partial charge >= 0.3 is 0 Å². The van der Waals surface area contributed by atoms with Crippen LogP contribution in [0, 0.1) is 5.92 Å². The van der Waals surface area contributed by atoms with Crippen LogP contribution in [0.25, 0.3) is 0 Å². The summed E-state index contributed by atoms with van der Waals surface area (Å²) in [5, 5.41) is 9.11. The van der Waals surface area contributed by atoms with Gasteiger partial charge in [0, 0.05) is 12.6 Å². The zero-order chi connectivity index (χ0) is 15.4. The second-order valence-corrected chi connectivity index (χ2v) is 6.53. The Bertz CT molecular complexity index is 525. The van der Waals surface area contributed by atoms with Gasteiger partial charge in [0.25, 0.3) is 5.91 Å². The van der Waals surface area contributed by atoms with E-state index >= 15 is 0 Å². The lowest BCUT2D eigenvalue weighted by molar-refractivity contribution is -0.120. The molecule has 7 nitrogen and oxygen atoms in total. The number of nitrogens with one attached hydrogen (secondary N) is 3. The summed E-state index contributed by atoms with van der Waals surface area (Å²) in [5.41, 5.74) is 5.74. The van der Waals surface area contributed by atoms with E-state index in [1.54, 1.807) is 0 Å². The van der Waals surface area contributed by atoms with Crippen molar-refractivity contribution in [2.24, 2.45) is 5.92 Å². The lowest BCUT2D eigenvalue weighted by Gasteiger charge is -2.05. The van der Waals surface area contributed by atoms with Gasteiger partial charge in [0.2, 0.25) is 5.91 Å². The van der Waals surface area contributed by atoms with Crippen LogP contribution in [0.4, 0.5) is 10.9 Å². The largest absolute Gasteiger partial charge is 0.382 e. The topological polar surface area (TPSA) is 109 Å². The van der Waals surface area contributed by atoms with Crippen molar-refractivity contribution in [1.29, 1.82) is 0 Å². The normalized spacial score (nSPS) is 14.0. The number of aromatic nitrogens is 1. The average molecular weight is 311 g/mol. The third kappa shape index (κ3) is 4.89. The number of amides is 2. The molecular weight excluding hydrogens is 290 g/mol. The molecule has 0 aromatic carbocycles. The highest BCUT2D eigenvalue weighted by Gasteiger charge is 2.23. The number of rotatable bonds is 7. The molecule has 1 aromatic heterocycles. The average Bonchev–Trinajstić information content (AvgIpc) is 3.14. The van der Waals surface area contributed by atoms with Gasteiger partial charge in [-0.25, -0.2) is 4.98 Å². The van der Waals surface area contributed by atoms with Gasteiger partial charge in [-0.2, -0.15) is 0 Å². The van der Waals surface area contributed by atoms with Gasteiger partial charge in [-0.3, -0.25) is 9.59 Å². The van der Waals surface area contributed by atoms with Crippen molar-refractivity contribution in [2.75, 3.05) is 24.1 Å². The van der Waals surface area contributed by atoms with Crippen molar-refractivity contribution in [2.45, 2.75) is 32.7 Å². The maximum atomic E-state index is 12.0. The number of carbonyl (C=O) groups excluding carboxylic acids is 2. The highest BCUT2D eigenvalue weighted by atomic mass is 32.1. The number of nitrogens with two attached hydrogens (primary N) is 1. The Morgan fingerprint density at radius 1 is 1.43 bits per heavy atom. The molecule has 21 heavy (non-hydrogen) atoms. The second kappa shape index (κ2) is 6.75. The quantitative estimate of drug-likeness (QED) is 0.595. The molecule has 1 saturated carbocycles. The van der Waals surface area contributed by atoms with Crippen molar-refractivity contribution in [3.05, 3.63) is 4.88 Å². The monoisotopic (exact) mass is 311 g/mol. The van der Waals surface area contributed by atoms with E-state index < -0.39 is 0 Å². The number of nitrogen functional groups attached to an aromatic ring is 1. The van der Waals surface area contributed by atoms with E-state index in [4.69, 9.17) is 5.73 Å². The molecule has 5 N–H and O–H groups in total. The van der Waals surface area contributed by atoms with E-state index in [1.165, 1.54) is 11.3 Å². The summed E-state index contributed by atoms with van der Waals surface area (Å²) < 4.78 is 0. The summed E-state index contributed by atoms with van der Waals surface area (Å²) in [4.78, 5) is 28.0. The molecule has 116 valence electrons. The molecule has 0 spiro atoms. The summed E-state index contributed by atoms with van der Waals surface area (Å²) in [6.07, 6.45) is 2.04. The van der Waals surface area contributed by atoms with Crippen LogP contribution >= 0.6 is 11.3 Å². The predicted octanol–water partition coefficient (Wildman–Crippen LogP) is 0.802. The molecule has 0 saturated heterocycles. The van der Waals surface area contributed by atoms with Crippen LogP contribution in [0.1, 0.15) is 36.4 Å². The number of hydrogen-bond acceptors (Lipinski definition) is 6. The van der Waals surface area contributed by atoms with Crippen LogP contribution in [0.3, 0.4) is 0 Å². The summed E-state index contributed by atoms with van der Waals surface area (Å²) in [6, 6.07) is 0.287. The van der Waals surface area contributed by atoms with E-state index in [-0.39, 0.29) is 30.2 Å². The summed E-state index contributed by atoms with van der Waals surface area (Å²) in [5.74, 6) is 0.116. The Labute approximate surface area is 127 Å². The lowest BCUT2D eigenvalue weighted by atomic mass is 10.2. The van der Waals surface area contributed by atoms with Crippen LogP contribution in [0.2, 0.25) is 0 Å².